The fourth-order valence-corrected chi connectivity index (χ4v) is 4.72. The van der Waals surface area contributed by atoms with Gasteiger partial charge in [0.15, 0.2) is 23.0 Å². The van der Waals surface area contributed by atoms with Gasteiger partial charge in [-0.3, -0.25) is 4.79 Å². The van der Waals surface area contributed by atoms with Crippen LogP contribution in [0.4, 0.5) is 5.69 Å². The lowest BCUT2D eigenvalue weighted by Gasteiger charge is -2.38. The minimum atomic E-state index is -1.03. The molecule has 3 aromatic rings. The van der Waals surface area contributed by atoms with E-state index in [0.29, 0.717) is 55.1 Å². The number of carboxylic acids is 1. The van der Waals surface area contributed by atoms with E-state index in [1.165, 1.54) is 12.1 Å². The van der Waals surface area contributed by atoms with Gasteiger partial charge in [-0.25, -0.2) is 4.79 Å². The zero-order valence-electron chi connectivity index (χ0n) is 22.2. The molecule has 3 aromatic carbocycles. The first-order chi connectivity index (χ1) is 18.4. The van der Waals surface area contributed by atoms with Gasteiger partial charge in [-0.1, -0.05) is 6.07 Å². The summed E-state index contributed by atoms with van der Waals surface area (Å²) in [7, 11) is 0. The monoisotopic (exact) mass is 519 g/mol. The van der Waals surface area contributed by atoms with Crippen molar-refractivity contribution in [3.63, 3.8) is 0 Å². The molecular weight excluding hydrogens is 486 g/mol. The maximum Gasteiger partial charge on any atom is 0.335 e. The summed E-state index contributed by atoms with van der Waals surface area (Å²) in [5, 5.41) is 9.37. The number of carboxylic acid groups (broad SMARTS) is 1. The van der Waals surface area contributed by atoms with Crippen LogP contribution in [0.3, 0.4) is 0 Å². The van der Waals surface area contributed by atoms with Crippen LogP contribution in [-0.4, -0.2) is 43.4 Å². The molecule has 0 radical (unpaired) electrons. The van der Waals surface area contributed by atoms with Gasteiger partial charge in [-0.2, -0.15) is 0 Å². The van der Waals surface area contributed by atoms with Crippen LogP contribution >= 0.6 is 0 Å². The van der Waals surface area contributed by atoms with Crippen molar-refractivity contribution in [2.45, 2.75) is 40.2 Å². The molecule has 8 nitrogen and oxygen atoms in total. The van der Waals surface area contributed by atoms with Crippen LogP contribution in [0, 0.1) is 0 Å². The highest BCUT2D eigenvalue weighted by molar-refractivity contribution is 5.99. The predicted molar refractivity (Wildman–Crippen MR) is 144 cm³/mol. The summed E-state index contributed by atoms with van der Waals surface area (Å²) in [6, 6.07) is 15.3. The van der Waals surface area contributed by atoms with Gasteiger partial charge in [0, 0.05) is 5.69 Å². The Kier molecular flexibility index (Phi) is 8.41. The summed E-state index contributed by atoms with van der Waals surface area (Å²) in [4.78, 5) is 26.8. The van der Waals surface area contributed by atoms with Crippen LogP contribution in [0.1, 0.15) is 60.8 Å². The predicted octanol–water partition coefficient (Wildman–Crippen LogP) is 5.66. The molecule has 200 valence electrons. The first-order valence-electron chi connectivity index (χ1n) is 12.9. The third-order valence-electron chi connectivity index (χ3n) is 6.24. The SMILES string of the molecule is CCOc1ccc([C@H]2c3cc(OCC)c(OCC)cc3CC(=O)N2c2ccc(C(=O)O)cc2)cc1OCC. The second-order valence-corrected chi connectivity index (χ2v) is 8.63. The number of fused-ring (bicyclic) bond motifs is 1. The number of nitrogens with zero attached hydrogens (tertiary/aromatic N) is 1. The third kappa shape index (κ3) is 5.39. The van der Waals surface area contributed by atoms with Gasteiger partial charge in [-0.15, -0.1) is 0 Å². The van der Waals surface area contributed by atoms with Crippen LogP contribution in [0.5, 0.6) is 23.0 Å². The minimum Gasteiger partial charge on any atom is -0.490 e. The summed E-state index contributed by atoms with van der Waals surface area (Å²) >= 11 is 0. The molecule has 0 saturated carbocycles. The Hall–Kier alpha value is -4.20. The molecule has 8 heteroatoms. The Morgan fingerprint density at radius 1 is 0.789 bits per heavy atom. The van der Waals surface area contributed by atoms with Crippen LogP contribution in [0.15, 0.2) is 54.6 Å². The highest BCUT2D eigenvalue weighted by Crippen LogP contribution is 2.45. The number of anilines is 1. The summed E-state index contributed by atoms with van der Waals surface area (Å²) in [5.41, 5.74) is 3.30. The molecule has 0 aliphatic carbocycles. The molecule has 0 unspecified atom stereocenters. The highest BCUT2D eigenvalue weighted by Gasteiger charge is 2.36. The van der Waals surface area contributed by atoms with Crippen LogP contribution in [-0.2, 0) is 11.2 Å². The lowest BCUT2D eigenvalue weighted by Crippen LogP contribution is -2.41. The zero-order valence-corrected chi connectivity index (χ0v) is 22.2. The topological polar surface area (TPSA) is 94.5 Å². The molecule has 0 bridgehead atoms. The van der Waals surface area contributed by atoms with Crippen molar-refractivity contribution >= 4 is 17.6 Å². The van der Waals surface area contributed by atoms with Gasteiger partial charge in [0.05, 0.1) is 44.5 Å². The van der Waals surface area contributed by atoms with E-state index in [4.69, 9.17) is 18.9 Å². The number of hydrogen-bond acceptors (Lipinski definition) is 6. The molecule has 1 atom stereocenters. The normalized spacial score (nSPS) is 14.6. The van der Waals surface area contributed by atoms with Crippen molar-refractivity contribution in [2.75, 3.05) is 31.3 Å². The number of ether oxygens (including phenoxy) is 4. The number of aromatic carboxylic acids is 1. The molecule has 1 amide bonds. The van der Waals surface area contributed by atoms with Crippen molar-refractivity contribution in [3.05, 3.63) is 76.9 Å². The maximum atomic E-state index is 13.7. The molecule has 1 aliphatic heterocycles. The lowest BCUT2D eigenvalue weighted by atomic mass is 9.86. The van der Waals surface area contributed by atoms with Crippen molar-refractivity contribution in [1.29, 1.82) is 0 Å². The average molecular weight is 520 g/mol. The fraction of sp³-hybridized carbons (Fsp3) is 0.333. The van der Waals surface area contributed by atoms with Gasteiger partial charge >= 0.3 is 5.97 Å². The maximum absolute atomic E-state index is 13.7. The lowest BCUT2D eigenvalue weighted by molar-refractivity contribution is -0.118. The molecule has 38 heavy (non-hydrogen) atoms. The Morgan fingerprint density at radius 2 is 1.34 bits per heavy atom. The van der Waals surface area contributed by atoms with Crippen molar-refractivity contribution in [1.82, 2.24) is 0 Å². The van der Waals surface area contributed by atoms with Gasteiger partial charge in [0.2, 0.25) is 5.91 Å². The fourth-order valence-electron chi connectivity index (χ4n) is 4.72. The summed E-state index contributed by atoms with van der Waals surface area (Å²) in [6.07, 6.45) is 0.161. The van der Waals surface area contributed by atoms with Gasteiger partial charge < -0.3 is 29.0 Å². The van der Waals surface area contributed by atoms with E-state index in [2.05, 4.69) is 0 Å². The van der Waals surface area contributed by atoms with Crippen LogP contribution < -0.4 is 23.8 Å². The quantitative estimate of drug-likeness (QED) is 0.349. The Bertz CT molecular complexity index is 1300. The van der Waals surface area contributed by atoms with Crippen molar-refractivity contribution < 1.29 is 33.6 Å². The standard InChI is InChI=1S/C30H33NO7/c1-5-35-24-14-11-20(15-25(24)36-6-2)29-23-18-27(38-8-4)26(37-7-3)16-21(23)17-28(32)31(29)22-12-9-19(10-13-22)30(33)34/h9-16,18,29H,5-8,17H2,1-4H3,(H,33,34)/t29-/m0/s1. The molecule has 1 aliphatic rings. The van der Waals surface area contributed by atoms with Gasteiger partial charge in [0.1, 0.15) is 0 Å². The van der Waals surface area contributed by atoms with E-state index < -0.39 is 12.0 Å². The molecular formula is C30H33NO7. The van der Waals surface area contributed by atoms with E-state index in [1.807, 2.05) is 58.0 Å². The van der Waals surface area contributed by atoms with Gasteiger partial charge in [0.25, 0.3) is 0 Å². The molecule has 0 saturated heterocycles. The number of amides is 1. The van der Waals surface area contributed by atoms with Crippen molar-refractivity contribution in [2.24, 2.45) is 0 Å². The number of carbonyl (C=O) groups excluding carboxylic acids is 1. The second-order valence-electron chi connectivity index (χ2n) is 8.63. The molecule has 0 fully saturated rings. The minimum absolute atomic E-state index is 0.121. The highest BCUT2D eigenvalue weighted by atomic mass is 16.5. The van der Waals surface area contributed by atoms with Gasteiger partial charge in [-0.05, 0) is 92.9 Å². The van der Waals surface area contributed by atoms with E-state index in [9.17, 15) is 14.7 Å². The van der Waals surface area contributed by atoms with E-state index in [-0.39, 0.29) is 17.9 Å². The van der Waals surface area contributed by atoms with E-state index in [0.717, 1.165) is 16.7 Å². The second kappa shape index (κ2) is 11.9. The molecule has 0 aromatic heterocycles. The first-order valence-corrected chi connectivity index (χ1v) is 12.9. The van der Waals surface area contributed by atoms with E-state index in [1.54, 1.807) is 17.0 Å². The molecule has 1 heterocycles. The van der Waals surface area contributed by atoms with Crippen LogP contribution in [0.2, 0.25) is 0 Å². The largest absolute Gasteiger partial charge is 0.490 e. The summed E-state index contributed by atoms with van der Waals surface area (Å²) in [5.74, 6) is 1.26. The third-order valence-corrected chi connectivity index (χ3v) is 6.24. The average Bonchev–Trinajstić information content (AvgIpc) is 2.90. The number of hydrogen-bond donors (Lipinski definition) is 1. The zero-order chi connectivity index (χ0) is 27.2. The molecule has 0 spiro atoms. The Balaban J connectivity index is 1.93. The smallest absolute Gasteiger partial charge is 0.335 e. The first kappa shape index (κ1) is 26.9. The van der Waals surface area contributed by atoms with Crippen molar-refractivity contribution in [3.8, 4) is 23.0 Å². The molecule has 4 rings (SSSR count). The number of rotatable bonds is 11. The number of benzene rings is 3. The summed E-state index contributed by atoms with van der Waals surface area (Å²) in [6.45, 7) is 9.50. The molecule has 1 N–H and O–H groups in total. The Morgan fingerprint density at radius 3 is 1.92 bits per heavy atom. The Labute approximate surface area is 222 Å². The van der Waals surface area contributed by atoms with E-state index >= 15 is 0 Å². The number of carbonyl (C=O) groups is 2. The summed E-state index contributed by atoms with van der Waals surface area (Å²) < 4.78 is 23.4. The van der Waals surface area contributed by atoms with Crippen LogP contribution in [0.25, 0.3) is 0 Å².